The van der Waals surface area contributed by atoms with E-state index >= 15 is 0 Å². The van der Waals surface area contributed by atoms with Crippen LogP contribution < -0.4 is 0 Å². The Hall–Kier alpha value is -2.31. The molecule has 88 valence electrons. The highest BCUT2D eigenvalue weighted by molar-refractivity contribution is 6.22. The standard InChI is InChI=1S/C10H9N3O4/c1-5-3-6(14)8-9(10(5)16)12-13(11-8)4-7(15)17-2/h3H,4H2,1-2H3. The summed E-state index contributed by atoms with van der Waals surface area (Å²) in [5, 5.41) is 7.61. The van der Waals surface area contributed by atoms with E-state index in [0.29, 0.717) is 5.57 Å². The first-order valence-corrected chi connectivity index (χ1v) is 4.82. The van der Waals surface area contributed by atoms with Crippen LogP contribution in [0.5, 0.6) is 0 Å². The predicted octanol–water partition coefficient (Wildman–Crippen LogP) is -0.224. The van der Waals surface area contributed by atoms with Crippen LogP contribution in [-0.2, 0) is 16.1 Å². The number of ketones is 2. The number of aromatic nitrogens is 3. The van der Waals surface area contributed by atoms with Crippen LogP contribution >= 0.6 is 0 Å². The maximum Gasteiger partial charge on any atom is 0.329 e. The maximum atomic E-state index is 11.7. The molecule has 0 aromatic carbocycles. The zero-order chi connectivity index (χ0) is 12.6. The fourth-order valence-electron chi connectivity index (χ4n) is 1.43. The van der Waals surface area contributed by atoms with Crippen LogP contribution in [0.3, 0.4) is 0 Å². The lowest BCUT2D eigenvalue weighted by atomic mass is 9.99. The fourth-order valence-corrected chi connectivity index (χ4v) is 1.43. The number of carbonyl (C=O) groups excluding carboxylic acids is 3. The Morgan fingerprint density at radius 2 is 2.00 bits per heavy atom. The van der Waals surface area contributed by atoms with Gasteiger partial charge in [0, 0.05) is 5.57 Å². The molecule has 1 aromatic rings. The van der Waals surface area contributed by atoms with Gasteiger partial charge in [-0.1, -0.05) is 0 Å². The molecule has 0 spiro atoms. The fraction of sp³-hybridized carbons (Fsp3) is 0.300. The van der Waals surface area contributed by atoms with Gasteiger partial charge in [-0.15, -0.1) is 10.2 Å². The molecule has 7 nitrogen and oxygen atoms in total. The second-order valence-electron chi connectivity index (χ2n) is 3.52. The smallest absolute Gasteiger partial charge is 0.329 e. The summed E-state index contributed by atoms with van der Waals surface area (Å²) >= 11 is 0. The molecule has 0 unspecified atom stereocenters. The van der Waals surface area contributed by atoms with Crippen LogP contribution in [-0.4, -0.2) is 39.6 Å². The summed E-state index contributed by atoms with van der Waals surface area (Å²) in [5.41, 5.74) is 0.274. The first-order valence-electron chi connectivity index (χ1n) is 4.82. The summed E-state index contributed by atoms with van der Waals surface area (Å²) in [6.45, 7) is 1.30. The molecule has 0 atom stereocenters. The highest BCUT2D eigenvalue weighted by atomic mass is 16.5. The van der Waals surface area contributed by atoms with Gasteiger partial charge in [0.2, 0.25) is 11.6 Å². The predicted molar refractivity (Wildman–Crippen MR) is 54.5 cm³/mol. The highest BCUT2D eigenvalue weighted by Crippen LogP contribution is 2.17. The van der Waals surface area contributed by atoms with E-state index in [1.807, 2.05) is 0 Å². The minimum atomic E-state index is -0.554. The highest BCUT2D eigenvalue weighted by Gasteiger charge is 2.29. The average molecular weight is 235 g/mol. The number of rotatable bonds is 2. The molecular weight excluding hydrogens is 226 g/mol. The monoisotopic (exact) mass is 235 g/mol. The number of Topliss-reactive ketones (excluding diaryl/α,β-unsaturated/α-hetero) is 1. The number of hydrogen-bond acceptors (Lipinski definition) is 6. The molecule has 1 aliphatic carbocycles. The average Bonchev–Trinajstić information content (AvgIpc) is 2.70. The zero-order valence-electron chi connectivity index (χ0n) is 9.26. The first-order chi connectivity index (χ1) is 8.02. The van der Waals surface area contributed by atoms with E-state index in [0.717, 1.165) is 4.80 Å². The minimum absolute atomic E-state index is 0.0149. The number of methoxy groups -OCH3 is 1. The van der Waals surface area contributed by atoms with Crippen LogP contribution in [0.1, 0.15) is 27.9 Å². The molecule has 0 bridgehead atoms. The first kappa shape index (κ1) is 11.2. The van der Waals surface area contributed by atoms with E-state index in [2.05, 4.69) is 14.9 Å². The van der Waals surface area contributed by atoms with Crippen molar-refractivity contribution in [2.24, 2.45) is 0 Å². The summed E-state index contributed by atoms with van der Waals surface area (Å²) in [4.78, 5) is 35.2. The van der Waals surface area contributed by atoms with Gasteiger partial charge in [0.25, 0.3) is 0 Å². The second-order valence-corrected chi connectivity index (χ2v) is 3.52. The van der Waals surface area contributed by atoms with Crippen molar-refractivity contribution in [2.75, 3.05) is 7.11 Å². The molecule has 7 heteroatoms. The van der Waals surface area contributed by atoms with Gasteiger partial charge in [-0.3, -0.25) is 9.59 Å². The number of nitrogens with zero attached hydrogens (tertiary/aromatic N) is 3. The molecule has 0 fully saturated rings. The van der Waals surface area contributed by atoms with E-state index in [9.17, 15) is 14.4 Å². The van der Waals surface area contributed by atoms with Gasteiger partial charge in [0.15, 0.2) is 17.9 Å². The molecule has 0 saturated carbocycles. The largest absolute Gasteiger partial charge is 0.468 e. The van der Waals surface area contributed by atoms with Gasteiger partial charge in [-0.05, 0) is 13.0 Å². The van der Waals surface area contributed by atoms with Gasteiger partial charge < -0.3 is 4.74 Å². The Balaban J connectivity index is 2.37. The van der Waals surface area contributed by atoms with Gasteiger partial charge in [-0.25, -0.2) is 4.79 Å². The van der Waals surface area contributed by atoms with Crippen molar-refractivity contribution in [3.8, 4) is 0 Å². The van der Waals surface area contributed by atoms with Gasteiger partial charge >= 0.3 is 5.97 Å². The lowest BCUT2D eigenvalue weighted by Gasteiger charge is -2.03. The second kappa shape index (κ2) is 3.93. The number of ether oxygens (including phenoxy) is 1. The van der Waals surface area contributed by atoms with Crippen LogP contribution in [0.15, 0.2) is 11.6 Å². The third-order valence-corrected chi connectivity index (χ3v) is 2.31. The van der Waals surface area contributed by atoms with Crippen molar-refractivity contribution in [2.45, 2.75) is 13.5 Å². The van der Waals surface area contributed by atoms with E-state index in [4.69, 9.17) is 0 Å². The molecule has 0 amide bonds. The zero-order valence-corrected chi connectivity index (χ0v) is 9.26. The molecule has 1 aliphatic rings. The quantitative estimate of drug-likeness (QED) is 0.658. The Kier molecular flexibility index (Phi) is 2.58. The summed E-state index contributed by atoms with van der Waals surface area (Å²) in [6.07, 6.45) is 1.21. The van der Waals surface area contributed by atoms with Crippen molar-refractivity contribution in [3.05, 3.63) is 23.0 Å². The Morgan fingerprint density at radius 1 is 1.35 bits per heavy atom. The lowest BCUT2D eigenvalue weighted by Crippen LogP contribution is -2.15. The molecule has 2 rings (SSSR count). The molecule has 1 heterocycles. The van der Waals surface area contributed by atoms with Gasteiger partial charge in [-0.2, -0.15) is 4.80 Å². The van der Waals surface area contributed by atoms with E-state index < -0.39 is 5.97 Å². The van der Waals surface area contributed by atoms with Crippen molar-refractivity contribution in [1.29, 1.82) is 0 Å². The molecule has 0 N–H and O–H groups in total. The summed E-state index contributed by atoms with van der Waals surface area (Å²) in [5.74, 6) is -1.29. The molecule has 1 aromatic heterocycles. The minimum Gasteiger partial charge on any atom is -0.468 e. The Labute approximate surface area is 96.0 Å². The molecule has 0 saturated heterocycles. The van der Waals surface area contributed by atoms with Crippen molar-refractivity contribution in [3.63, 3.8) is 0 Å². The topological polar surface area (TPSA) is 91.2 Å². The number of fused-ring (bicyclic) bond motifs is 1. The van der Waals surface area contributed by atoms with Gasteiger partial charge in [0.1, 0.15) is 0 Å². The van der Waals surface area contributed by atoms with Crippen LogP contribution in [0.2, 0.25) is 0 Å². The third kappa shape index (κ3) is 1.86. The number of carbonyl (C=O) groups is 3. The van der Waals surface area contributed by atoms with E-state index in [1.165, 1.54) is 20.1 Å². The molecule has 0 radical (unpaired) electrons. The summed E-state index contributed by atoms with van der Waals surface area (Å²) in [6, 6.07) is 0. The Morgan fingerprint density at radius 3 is 2.65 bits per heavy atom. The maximum absolute atomic E-state index is 11.7. The lowest BCUT2D eigenvalue weighted by molar-refractivity contribution is -0.141. The number of allylic oxidation sites excluding steroid dienone is 2. The van der Waals surface area contributed by atoms with Crippen LogP contribution in [0.4, 0.5) is 0 Å². The summed E-state index contributed by atoms with van der Waals surface area (Å²) in [7, 11) is 1.23. The van der Waals surface area contributed by atoms with Crippen molar-refractivity contribution in [1.82, 2.24) is 15.0 Å². The number of esters is 1. The normalized spacial score (nSPS) is 14.4. The third-order valence-electron chi connectivity index (χ3n) is 2.31. The summed E-state index contributed by atoms with van der Waals surface area (Å²) < 4.78 is 4.44. The molecular formula is C10H9N3O4. The van der Waals surface area contributed by atoms with Gasteiger partial charge in [0.05, 0.1) is 7.11 Å². The molecule has 17 heavy (non-hydrogen) atoms. The van der Waals surface area contributed by atoms with Crippen LogP contribution in [0.25, 0.3) is 0 Å². The van der Waals surface area contributed by atoms with E-state index in [1.54, 1.807) is 0 Å². The Bertz CT molecular complexity index is 556. The van der Waals surface area contributed by atoms with E-state index in [-0.39, 0.29) is 29.5 Å². The number of hydrogen-bond donors (Lipinski definition) is 0. The SMILES string of the molecule is COC(=O)Cn1nc2c(n1)C(=O)C(C)=CC2=O. The van der Waals surface area contributed by atoms with Crippen molar-refractivity contribution >= 4 is 17.5 Å². The molecule has 0 aliphatic heterocycles. The van der Waals surface area contributed by atoms with Crippen molar-refractivity contribution < 1.29 is 19.1 Å². The van der Waals surface area contributed by atoms with Crippen LogP contribution in [0, 0.1) is 0 Å².